The fourth-order valence-electron chi connectivity index (χ4n) is 3.73. The molecule has 1 aliphatic rings. The zero-order valence-electron chi connectivity index (χ0n) is 16.2. The molecule has 29 heavy (non-hydrogen) atoms. The normalized spacial score (nSPS) is 16.1. The fraction of sp³-hybridized carbons (Fsp3) is 0.273. The van der Waals surface area contributed by atoms with E-state index in [1.165, 1.54) is 12.1 Å². The Morgan fingerprint density at radius 3 is 2.69 bits per heavy atom. The van der Waals surface area contributed by atoms with Crippen LogP contribution in [0.25, 0.3) is 11.3 Å². The third-order valence-corrected chi connectivity index (χ3v) is 5.17. The van der Waals surface area contributed by atoms with E-state index in [0.29, 0.717) is 18.0 Å². The topological polar surface area (TPSA) is 64.8 Å². The monoisotopic (exact) mass is 396 g/mol. The number of carbonyl (C=O) groups is 1. The number of likely N-dealkylation sites (tertiary alicyclic amines) is 1. The molecule has 3 aromatic rings. The number of aromatic nitrogens is 1. The van der Waals surface area contributed by atoms with E-state index in [9.17, 15) is 9.18 Å². The van der Waals surface area contributed by atoms with Crippen molar-refractivity contribution in [1.82, 2.24) is 10.1 Å². The van der Waals surface area contributed by atoms with Gasteiger partial charge in [-0.05, 0) is 42.7 Å². The molecule has 0 saturated carbocycles. The average molecular weight is 396 g/mol. The van der Waals surface area contributed by atoms with E-state index in [1.807, 2.05) is 18.2 Å². The Hall–Kier alpha value is -3.35. The lowest BCUT2D eigenvalue weighted by Gasteiger charge is -2.24. The van der Waals surface area contributed by atoms with Gasteiger partial charge in [-0.3, -0.25) is 4.79 Å². The second-order valence-electron chi connectivity index (χ2n) is 6.83. The standard InChI is InChI=1S/C22H21FN2O4/c1-27-19-10-9-14(12-21(19)28-2)18-8-5-11-25(18)22(26)17-13-20(29-24-17)15-6-3-4-7-16(15)23/h3-4,6-7,9-10,12-13,18H,5,8,11H2,1-2H3. The molecule has 6 nitrogen and oxygen atoms in total. The Kier molecular flexibility index (Phi) is 5.20. The molecule has 1 atom stereocenters. The molecule has 1 saturated heterocycles. The fourth-order valence-corrected chi connectivity index (χ4v) is 3.73. The minimum Gasteiger partial charge on any atom is -0.493 e. The summed E-state index contributed by atoms with van der Waals surface area (Å²) in [5.41, 5.74) is 1.40. The smallest absolute Gasteiger partial charge is 0.276 e. The van der Waals surface area contributed by atoms with E-state index < -0.39 is 5.82 Å². The van der Waals surface area contributed by atoms with Crippen molar-refractivity contribution in [3.8, 4) is 22.8 Å². The molecule has 0 N–H and O–H groups in total. The predicted octanol–water partition coefficient (Wildman–Crippen LogP) is 4.48. The maximum absolute atomic E-state index is 14.0. The largest absolute Gasteiger partial charge is 0.493 e. The Labute approximate surface area is 167 Å². The summed E-state index contributed by atoms with van der Waals surface area (Å²) < 4.78 is 29.9. The van der Waals surface area contributed by atoms with Gasteiger partial charge >= 0.3 is 0 Å². The predicted molar refractivity (Wildman–Crippen MR) is 104 cm³/mol. The van der Waals surface area contributed by atoms with Crippen molar-refractivity contribution < 1.29 is 23.2 Å². The van der Waals surface area contributed by atoms with E-state index in [-0.39, 0.29) is 29.0 Å². The highest BCUT2D eigenvalue weighted by Gasteiger charge is 2.33. The van der Waals surface area contributed by atoms with E-state index in [1.54, 1.807) is 37.3 Å². The molecule has 1 aliphatic heterocycles. The lowest BCUT2D eigenvalue weighted by atomic mass is 10.0. The molecule has 0 radical (unpaired) electrons. The van der Waals surface area contributed by atoms with E-state index in [2.05, 4.69) is 5.16 Å². The highest BCUT2D eigenvalue weighted by atomic mass is 19.1. The molecule has 0 spiro atoms. The molecule has 2 aromatic carbocycles. The Morgan fingerprint density at radius 2 is 1.93 bits per heavy atom. The molecule has 1 unspecified atom stereocenters. The first kappa shape index (κ1) is 19.0. The van der Waals surface area contributed by atoms with Crippen molar-refractivity contribution in [1.29, 1.82) is 0 Å². The number of hydrogen-bond acceptors (Lipinski definition) is 5. The number of ether oxygens (including phenoxy) is 2. The summed E-state index contributed by atoms with van der Waals surface area (Å²) >= 11 is 0. The minimum atomic E-state index is -0.424. The van der Waals surface area contributed by atoms with Crippen molar-refractivity contribution in [3.05, 3.63) is 65.6 Å². The van der Waals surface area contributed by atoms with Crippen LogP contribution in [0.2, 0.25) is 0 Å². The summed E-state index contributed by atoms with van der Waals surface area (Å²) in [5, 5.41) is 3.89. The molecule has 150 valence electrons. The Balaban J connectivity index is 1.60. The van der Waals surface area contributed by atoms with Crippen LogP contribution in [0.5, 0.6) is 11.5 Å². The lowest BCUT2D eigenvalue weighted by molar-refractivity contribution is 0.0725. The van der Waals surface area contributed by atoms with Crippen LogP contribution in [0.3, 0.4) is 0 Å². The van der Waals surface area contributed by atoms with Gasteiger partial charge in [0.1, 0.15) is 5.82 Å². The van der Waals surface area contributed by atoms with E-state index in [0.717, 1.165) is 18.4 Å². The molecular formula is C22H21FN2O4. The van der Waals surface area contributed by atoms with Gasteiger partial charge in [0.05, 0.1) is 25.8 Å². The van der Waals surface area contributed by atoms with Gasteiger partial charge in [0.15, 0.2) is 23.0 Å². The molecular weight excluding hydrogens is 375 g/mol. The van der Waals surface area contributed by atoms with E-state index >= 15 is 0 Å². The SMILES string of the molecule is COc1ccc(C2CCCN2C(=O)c2cc(-c3ccccc3F)on2)cc1OC. The number of hydrogen-bond donors (Lipinski definition) is 0. The Bertz CT molecular complexity index is 1030. The van der Waals surface area contributed by atoms with Crippen LogP contribution in [-0.4, -0.2) is 36.7 Å². The van der Waals surface area contributed by atoms with Gasteiger partial charge in [-0.25, -0.2) is 4.39 Å². The van der Waals surface area contributed by atoms with Gasteiger partial charge in [-0.1, -0.05) is 23.4 Å². The third-order valence-electron chi connectivity index (χ3n) is 5.17. The van der Waals surface area contributed by atoms with Crippen molar-refractivity contribution in [2.75, 3.05) is 20.8 Å². The maximum Gasteiger partial charge on any atom is 0.276 e. The van der Waals surface area contributed by atoms with Crippen LogP contribution in [0.1, 0.15) is 34.9 Å². The van der Waals surface area contributed by atoms with Crippen LogP contribution >= 0.6 is 0 Å². The van der Waals surface area contributed by atoms with Gasteiger partial charge in [-0.15, -0.1) is 0 Å². The number of amides is 1. The Morgan fingerprint density at radius 1 is 1.14 bits per heavy atom. The van der Waals surface area contributed by atoms with Gasteiger partial charge in [-0.2, -0.15) is 0 Å². The molecule has 1 aromatic heterocycles. The number of halogens is 1. The summed E-state index contributed by atoms with van der Waals surface area (Å²) in [6.07, 6.45) is 1.71. The zero-order chi connectivity index (χ0) is 20.4. The second kappa shape index (κ2) is 7.95. The molecule has 2 heterocycles. The molecule has 0 bridgehead atoms. The number of methoxy groups -OCH3 is 2. The van der Waals surface area contributed by atoms with Crippen LogP contribution in [0.4, 0.5) is 4.39 Å². The van der Waals surface area contributed by atoms with Crippen molar-refractivity contribution in [2.24, 2.45) is 0 Å². The summed E-state index contributed by atoms with van der Waals surface area (Å²) in [5.74, 6) is 0.819. The first-order valence-corrected chi connectivity index (χ1v) is 9.37. The van der Waals surface area contributed by atoms with E-state index in [4.69, 9.17) is 14.0 Å². The van der Waals surface area contributed by atoms with Crippen molar-refractivity contribution >= 4 is 5.91 Å². The summed E-state index contributed by atoms with van der Waals surface area (Å²) in [4.78, 5) is 14.9. The van der Waals surface area contributed by atoms with Crippen molar-refractivity contribution in [3.63, 3.8) is 0 Å². The molecule has 7 heteroatoms. The third kappa shape index (κ3) is 3.55. The summed E-state index contributed by atoms with van der Waals surface area (Å²) in [6.45, 7) is 0.611. The van der Waals surface area contributed by atoms with Crippen LogP contribution in [-0.2, 0) is 0 Å². The number of rotatable bonds is 5. The molecule has 0 aliphatic carbocycles. The van der Waals surface area contributed by atoms with Gasteiger partial charge < -0.3 is 18.9 Å². The van der Waals surface area contributed by atoms with Crippen LogP contribution < -0.4 is 9.47 Å². The number of benzene rings is 2. The van der Waals surface area contributed by atoms with Crippen molar-refractivity contribution in [2.45, 2.75) is 18.9 Å². The lowest BCUT2D eigenvalue weighted by Crippen LogP contribution is -2.30. The minimum absolute atomic E-state index is 0.101. The number of nitrogens with zero attached hydrogens (tertiary/aromatic N) is 2. The highest BCUT2D eigenvalue weighted by molar-refractivity contribution is 5.93. The average Bonchev–Trinajstić information content (AvgIpc) is 3.43. The van der Waals surface area contributed by atoms with Crippen LogP contribution in [0.15, 0.2) is 53.1 Å². The second-order valence-corrected chi connectivity index (χ2v) is 6.83. The first-order chi connectivity index (χ1) is 14.1. The molecule has 1 amide bonds. The summed E-state index contributed by atoms with van der Waals surface area (Å²) in [7, 11) is 3.17. The zero-order valence-corrected chi connectivity index (χ0v) is 16.2. The molecule has 4 rings (SSSR count). The first-order valence-electron chi connectivity index (χ1n) is 9.37. The number of carbonyl (C=O) groups excluding carboxylic acids is 1. The van der Waals surface area contributed by atoms with Gasteiger partial charge in [0, 0.05) is 12.6 Å². The van der Waals surface area contributed by atoms with Crippen LogP contribution in [0, 0.1) is 5.82 Å². The summed E-state index contributed by atoms with van der Waals surface area (Å²) in [6, 6.07) is 13.3. The molecule has 1 fully saturated rings. The quantitative estimate of drug-likeness (QED) is 0.636. The maximum atomic E-state index is 14.0. The van der Waals surface area contributed by atoms with Gasteiger partial charge in [0.25, 0.3) is 5.91 Å². The van der Waals surface area contributed by atoms with Gasteiger partial charge in [0.2, 0.25) is 0 Å². The highest BCUT2D eigenvalue weighted by Crippen LogP contribution is 2.37.